The smallest absolute Gasteiger partial charge is 0.228 e. The Morgan fingerprint density at radius 3 is 2.55 bits per heavy atom. The van der Waals surface area contributed by atoms with E-state index in [0.29, 0.717) is 19.0 Å². The highest BCUT2D eigenvalue weighted by atomic mass is 16.3. The molecule has 5 nitrogen and oxygen atoms in total. The van der Waals surface area contributed by atoms with E-state index < -0.39 is 5.54 Å². The summed E-state index contributed by atoms with van der Waals surface area (Å²) in [7, 11) is 1.71. The molecule has 1 heterocycles. The maximum atomic E-state index is 12.5. The minimum Gasteiger partial charge on any atom is -0.394 e. The Hall–Kier alpha value is -1.10. The van der Waals surface area contributed by atoms with Crippen LogP contribution in [0.25, 0.3) is 0 Å². The first-order valence-corrected chi connectivity index (χ1v) is 7.55. The summed E-state index contributed by atoms with van der Waals surface area (Å²) < 4.78 is 0. The van der Waals surface area contributed by atoms with Crippen LogP contribution in [0.15, 0.2) is 0 Å². The lowest BCUT2D eigenvalue weighted by molar-refractivity contribution is -0.140. The molecule has 1 unspecified atom stereocenters. The van der Waals surface area contributed by atoms with Gasteiger partial charge in [0.15, 0.2) is 0 Å². The van der Waals surface area contributed by atoms with Gasteiger partial charge < -0.3 is 14.9 Å². The quantitative estimate of drug-likeness (QED) is 0.837. The lowest BCUT2D eigenvalue weighted by Crippen LogP contribution is -2.50. The van der Waals surface area contributed by atoms with E-state index in [2.05, 4.69) is 0 Å². The highest BCUT2D eigenvalue weighted by Gasteiger charge is 2.41. The van der Waals surface area contributed by atoms with Crippen molar-refractivity contribution in [1.82, 2.24) is 9.80 Å². The molecule has 5 heteroatoms. The first-order valence-electron chi connectivity index (χ1n) is 7.55. The van der Waals surface area contributed by atoms with Gasteiger partial charge in [-0.25, -0.2) is 0 Å². The van der Waals surface area contributed by atoms with E-state index in [1.807, 2.05) is 18.7 Å². The topological polar surface area (TPSA) is 60.9 Å². The Kier molecular flexibility index (Phi) is 4.37. The molecule has 0 bridgehead atoms. The van der Waals surface area contributed by atoms with Gasteiger partial charge in [-0.3, -0.25) is 9.59 Å². The third kappa shape index (κ3) is 2.82. The molecule has 2 aliphatic rings. The van der Waals surface area contributed by atoms with Crippen LogP contribution >= 0.6 is 0 Å². The van der Waals surface area contributed by atoms with Gasteiger partial charge in [-0.15, -0.1) is 0 Å². The molecule has 20 heavy (non-hydrogen) atoms. The van der Waals surface area contributed by atoms with Crippen LogP contribution in [0.2, 0.25) is 0 Å². The van der Waals surface area contributed by atoms with Crippen molar-refractivity contribution < 1.29 is 14.7 Å². The molecule has 1 saturated carbocycles. The van der Waals surface area contributed by atoms with E-state index in [1.165, 1.54) is 12.8 Å². The SMILES string of the molecule is CN(C(=O)C1CC(=O)N(C2CCCC2)C1)C(C)(C)CO. The molecule has 1 N–H and O–H groups in total. The predicted molar refractivity (Wildman–Crippen MR) is 76.0 cm³/mol. The van der Waals surface area contributed by atoms with E-state index in [4.69, 9.17) is 0 Å². The van der Waals surface area contributed by atoms with Crippen LogP contribution in [0.5, 0.6) is 0 Å². The first kappa shape index (κ1) is 15.3. The second-order valence-corrected chi connectivity index (χ2v) is 6.75. The van der Waals surface area contributed by atoms with E-state index in [1.54, 1.807) is 11.9 Å². The fraction of sp³-hybridized carbons (Fsp3) is 0.867. The number of nitrogens with zero attached hydrogens (tertiary/aromatic N) is 2. The summed E-state index contributed by atoms with van der Waals surface area (Å²) in [5.41, 5.74) is -0.582. The maximum absolute atomic E-state index is 12.5. The minimum atomic E-state index is -0.582. The average Bonchev–Trinajstić information content (AvgIpc) is 3.05. The van der Waals surface area contributed by atoms with Crippen LogP contribution in [0.3, 0.4) is 0 Å². The third-order valence-electron chi connectivity index (χ3n) is 4.90. The van der Waals surface area contributed by atoms with Gasteiger partial charge in [-0.05, 0) is 26.7 Å². The van der Waals surface area contributed by atoms with E-state index in [0.717, 1.165) is 12.8 Å². The number of rotatable bonds is 4. The molecular formula is C15H26N2O3. The predicted octanol–water partition coefficient (Wildman–Crippen LogP) is 1.01. The lowest BCUT2D eigenvalue weighted by Gasteiger charge is -2.35. The highest BCUT2D eigenvalue weighted by Crippen LogP contribution is 2.30. The molecule has 0 spiro atoms. The fourth-order valence-corrected chi connectivity index (χ4v) is 3.14. The van der Waals surface area contributed by atoms with Gasteiger partial charge in [0.2, 0.25) is 11.8 Å². The van der Waals surface area contributed by atoms with Crippen molar-refractivity contribution in [2.75, 3.05) is 20.2 Å². The molecule has 2 rings (SSSR count). The first-order chi connectivity index (χ1) is 9.36. The van der Waals surface area contributed by atoms with Gasteiger partial charge in [0, 0.05) is 26.1 Å². The number of hydrogen-bond donors (Lipinski definition) is 1. The van der Waals surface area contributed by atoms with Gasteiger partial charge in [0.25, 0.3) is 0 Å². The van der Waals surface area contributed by atoms with Crippen molar-refractivity contribution in [3.8, 4) is 0 Å². The van der Waals surface area contributed by atoms with Crippen molar-refractivity contribution in [2.24, 2.45) is 5.92 Å². The second-order valence-electron chi connectivity index (χ2n) is 6.75. The normalized spacial score (nSPS) is 24.5. The standard InChI is InChI=1S/C15H26N2O3/c1-15(2,10-18)16(3)14(20)11-8-13(19)17(9-11)12-6-4-5-7-12/h11-12,18H,4-10H2,1-3H3. The largest absolute Gasteiger partial charge is 0.394 e. The summed E-state index contributed by atoms with van der Waals surface area (Å²) in [6, 6.07) is 0.344. The van der Waals surface area contributed by atoms with Crippen LogP contribution in [-0.4, -0.2) is 58.5 Å². The Labute approximate surface area is 120 Å². The molecule has 1 saturated heterocycles. The molecule has 2 fully saturated rings. The molecule has 2 amide bonds. The zero-order valence-electron chi connectivity index (χ0n) is 12.8. The molecule has 0 aromatic rings. The summed E-state index contributed by atoms with van der Waals surface area (Å²) in [4.78, 5) is 28.1. The molecule has 0 aromatic heterocycles. The summed E-state index contributed by atoms with van der Waals surface area (Å²) in [5.74, 6) is -0.165. The van der Waals surface area contributed by atoms with Gasteiger partial charge in [0.05, 0.1) is 18.1 Å². The van der Waals surface area contributed by atoms with E-state index in [9.17, 15) is 14.7 Å². The van der Waals surface area contributed by atoms with Gasteiger partial charge >= 0.3 is 0 Å². The number of likely N-dealkylation sites (tertiary alicyclic amines) is 1. The van der Waals surface area contributed by atoms with Crippen molar-refractivity contribution >= 4 is 11.8 Å². The third-order valence-corrected chi connectivity index (χ3v) is 4.90. The molecule has 114 valence electrons. The van der Waals surface area contributed by atoms with Crippen molar-refractivity contribution in [2.45, 2.75) is 57.5 Å². The number of amides is 2. The summed E-state index contributed by atoms with van der Waals surface area (Å²) in [6.45, 7) is 4.13. The molecule has 1 aliphatic heterocycles. The molecule has 1 atom stereocenters. The number of likely N-dealkylation sites (N-methyl/N-ethyl adjacent to an activating group) is 1. The Bertz CT molecular complexity index is 389. The summed E-state index contributed by atoms with van der Waals surface area (Å²) in [5, 5.41) is 9.36. The van der Waals surface area contributed by atoms with E-state index >= 15 is 0 Å². The molecular weight excluding hydrogens is 256 g/mol. The number of carbonyl (C=O) groups is 2. The van der Waals surface area contributed by atoms with Crippen LogP contribution in [0.4, 0.5) is 0 Å². The minimum absolute atomic E-state index is 0.0297. The number of carbonyl (C=O) groups excluding carboxylic acids is 2. The van der Waals surface area contributed by atoms with Gasteiger partial charge in [-0.2, -0.15) is 0 Å². The van der Waals surface area contributed by atoms with Crippen LogP contribution < -0.4 is 0 Å². The Balaban J connectivity index is 2.00. The van der Waals surface area contributed by atoms with Crippen LogP contribution in [0, 0.1) is 5.92 Å². The van der Waals surface area contributed by atoms with Crippen molar-refractivity contribution in [3.63, 3.8) is 0 Å². The van der Waals surface area contributed by atoms with Crippen molar-refractivity contribution in [1.29, 1.82) is 0 Å². The fourth-order valence-electron chi connectivity index (χ4n) is 3.14. The maximum Gasteiger partial charge on any atom is 0.228 e. The van der Waals surface area contributed by atoms with Gasteiger partial charge in [0.1, 0.15) is 0 Å². The van der Waals surface area contributed by atoms with Gasteiger partial charge in [-0.1, -0.05) is 12.8 Å². The summed E-state index contributed by atoms with van der Waals surface area (Å²) >= 11 is 0. The van der Waals surface area contributed by atoms with Crippen LogP contribution in [0.1, 0.15) is 46.0 Å². The molecule has 1 aliphatic carbocycles. The van der Waals surface area contributed by atoms with E-state index in [-0.39, 0.29) is 24.3 Å². The average molecular weight is 282 g/mol. The highest BCUT2D eigenvalue weighted by molar-refractivity contribution is 5.89. The van der Waals surface area contributed by atoms with Crippen LogP contribution in [-0.2, 0) is 9.59 Å². The van der Waals surface area contributed by atoms with Crippen molar-refractivity contribution in [3.05, 3.63) is 0 Å². The molecule has 0 radical (unpaired) electrons. The lowest BCUT2D eigenvalue weighted by atomic mass is 10.0. The zero-order valence-corrected chi connectivity index (χ0v) is 12.8. The second kappa shape index (κ2) is 5.72. The number of aliphatic hydroxyl groups is 1. The Morgan fingerprint density at radius 2 is 2.00 bits per heavy atom. The monoisotopic (exact) mass is 282 g/mol. The zero-order chi connectivity index (χ0) is 14.9. The molecule has 0 aromatic carbocycles. The summed E-state index contributed by atoms with van der Waals surface area (Å²) in [6.07, 6.45) is 4.84. The number of aliphatic hydroxyl groups excluding tert-OH is 1. The Morgan fingerprint density at radius 1 is 1.40 bits per heavy atom. The number of hydrogen-bond acceptors (Lipinski definition) is 3.